The van der Waals surface area contributed by atoms with Crippen molar-refractivity contribution in [1.29, 1.82) is 0 Å². The summed E-state index contributed by atoms with van der Waals surface area (Å²) in [7, 11) is 0. The van der Waals surface area contributed by atoms with Crippen LogP contribution in [0.2, 0.25) is 0 Å². The van der Waals surface area contributed by atoms with Gasteiger partial charge in [0, 0.05) is 11.4 Å². The van der Waals surface area contributed by atoms with Gasteiger partial charge in [0.25, 0.3) is 0 Å². The van der Waals surface area contributed by atoms with Crippen LogP contribution in [0.15, 0.2) is 36.4 Å². The maximum absolute atomic E-state index is 12.3. The van der Waals surface area contributed by atoms with Crippen molar-refractivity contribution in [2.24, 2.45) is 0 Å². The Kier molecular flexibility index (Phi) is 5.61. The maximum atomic E-state index is 12.3. The third kappa shape index (κ3) is 2.60. The Morgan fingerprint density at radius 2 is 1.45 bits per heavy atom. The van der Waals surface area contributed by atoms with Crippen molar-refractivity contribution in [2.45, 2.75) is 0 Å². The van der Waals surface area contributed by atoms with Crippen molar-refractivity contribution in [3.05, 3.63) is 36.4 Å². The number of benzene rings is 3. The van der Waals surface area contributed by atoms with E-state index in [4.69, 9.17) is 11.5 Å². The zero-order valence-electron chi connectivity index (χ0n) is 11.4. The zero-order valence-corrected chi connectivity index (χ0v) is 15.4. The summed E-state index contributed by atoms with van der Waals surface area (Å²) < 4.78 is 0. The number of nitrogens with two attached hydrogens (primary N) is 2. The van der Waals surface area contributed by atoms with E-state index in [-0.39, 0.29) is 76.0 Å². The molecular weight excluding hydrogens is 274 g/mol. The third-order valence-corrected chi connectivity index (χ3v) is 3.10. The van der Waals surface area contributed by atoms with Gasteiger partial charge in [0.05, 0.1) is 0 Å². The molecule has 4 nitrogen and oxygen atoms in total. The van der Waals surface area contributed by atoms with Crippen LogP contribution in [-0.4, -0.2) is 0 Å². The van der Waals surface area contributed by atoms with Crippen LogP contribution in [0.1, 0.15) is 0 Å². The molecule has 0 bridgehead atoms. The molecule has 0 heterocycles. The molecule has 0 amide bonds. The van der Waals surface area contributed by atoms with Gasteiger partial charge in [0.2, 0.25) is 0 Å². The maximum Gasteiger partial charge on any atom is 1.00 e. The van der Waals surface area contributed by atoms with Gasteiger partial charge in [-0.05, 0) is 39.7 Å². The number of fused-ring (bicyclic) bond motifs is 2. The molecule has 0 aromatic heterocycles. The molecule has 0 unspecified atom stereocenters. The van der Waals surface area contributed by atoms with Gasteiger partial charge < -0.3 is 21.7 Å². The van der Waals surface area contributed by atoms with Crippen LogP contribution in [0, 0.1) is 0 Å². The summed E-state index contributed by atoms with van der Waals surface area (Å²) in [5.41, 5.74) is 12.2. The summed E-state index contributed by atoms with van der Waals surface area (Å²) in [5.74, 6) is -0.433. The zero-order chi connectivity index (χ0) is 12.9. The molecule has 0 fully saturated rings. The van der Waals surface area contributed by atoms with Crippen molar-refractivity contribution in [2.75, 3.05) is 11.5 Å². The van der Waals surface area contributed by atoms with Gasteiger partial charge >= 0.3 is 59.1 Å². The topological polar surface area (TPSA) is 98.2 Å². The van der Waals surface area contributed by atoms with Crippen molar-refractivity contribution < 1.29 is 69.3 Å². The molecule has 3 aromatic carbocycles. The van der Waals surface area contributed by atoms with Gasteiger partial charge in [-0.25, -0.2) is 0 Å². The fourth-order valence-electron chi connectivity index (χ4n) is 2.24. The molecule has 0 saturated carbocycles. The first-order valence-corrected chi connectivity index (χ1v) is 5.47. The number of rotatable bonds is 0. The van der Waals surface area contributed by atoms with Crippen molar-refractivity contribution >= 4 is 32.9 Å². The number of hydrogen-bond acceptors (Lipinski definition) is 4. The molecule has 20 heavy (non-hydrogen) atoms. The Bertz CT molecular complexity index is 791. The molecule has 0 radical (unpaired) electrons. The molecule has 3 rings (SSSR count). The predicted octanol–water partition coefficient (Wildman–Crippen LogP) is -4.69. The molecule has 0 aliphatic heterocycles. The second-order valence-electron chi connectivity index (χ2n) is 4.23. The van der Waals surface area contributed by atoms with Gasteiger partial charge in [-0.15, -0.1) is 0 Å². The van der Waals surface area contributed by atoms with Gasteiger partial charge in [-0.3, -0.25) is 0 Å². The van der Waals surface area contributed by atoms with E-state index in [0.717, 1.165) is 0 Å². The smallest absolute Gasteiger partial charge is 0.872 e. The van der Waals surface area contributed by atoms with Gasteiger partial charge in [-0.1, -0.05) is 29.7 Å². The summed E-state index contributed by atoms with van der Waals surface area (Å²) in [6.45, 7) is 0. The summed E-state index contributed by atoms with van der Waals surface area (Å²) in [6, 6.07) is 9.61. The molecule has 0 spiro atoms. The second-order valence-corrected chi connectivity index (χ2v) is 4.23. The molecule has 4 N–H and O–H groups in total. The van der Waals surface area contributed by atoms with Crippen LogP contribution >= 0.6 is 0 Å². The van der Waals surface area contributed by atoms with Crippen LogP contribution in [0.3, 0.4) is 0 Å². The fourth-order valence-corrected chi connectivity index (χ4v) is 2.24. The quantitative estimate of drug-likeness (QED) is 0.246. The standard InChI is InChI=1S/C14H12N2O2.2Na/c15-7-4-5-8-10(6-7)14(18)12-9(13(8)17)2-1-3-11(12)16;;/h1-6,17-18H,15-16H2;;/q;2*+1/p-2. The Labute approximate surface area is 160 Å². The first kappa shape index (κ1) is 17.4. The SMILES string of the molecule is Nc1ccc2c([O-])c3cccc(N)c3c([O-])c2c1.[Na+].[Na+]. The van der Waals surface area contributed by atoms with Gasteiger partial charge in [-0.2, -0.15) is 0 Å². The first-order valence-electron chi connectivity index (χ1n) is 5.47. The summed E-state index contributed by atoms with van der Waals surface area (Å²) in [4.78, 5) is 0. The minimum absolute atomic E-state index is 0. The van der Waals surface area contributed by atoms with E-state index in [1.54, 1.807) is 30.3 Å². The minimum Gasteiger partial charge on any atom is -0.872 e. The van der Waals surface area contributed by atoms with Gasteiger partial charge in [0.15, 0.2) is 0 Å². The number of hydrogen-bond donors (Lipinski definition) is 2. The normalized spacial score (nSPS) is 10.0. The van der Waals surface area contributed by atoms with E-state index < -0.39 is 0 Å². The van der Waals surface area contributed by atoms with E-state index >= 15 is 0 Å². The Morgan fingerprint density at radius 1 is 0.750 bits per heavy atom. The molecule has 0 atom stereocenters. The number of nitrogen functional groups attached to an aromatic ring is 2. The van der Waals surface area contributed by atoms with Gasteiger partial charge in [0.1, 0.15) is 0 Å². The monoisotopic (exact) mass is 284 g/mol. The summed E-state index contributed by atoms with van der Waals surface area (Å²) in [5, 5.41) is 26.0. The molecule has 0 aliphatic carbocycles. The second kappa shape index (κ2) is 6.43. The Hall–Kier alpha value is -0.620. The molecule has 0 aliphatic rings. The average molecular weight is 284 g/mol. The number of anilines is 2. The van der Waals surface area contributed by atoms with Crippen molar-refractivity contribution in [3.63, 3.8) is 0 Å². The molecule has 90 valence electrons. The van der Waals surface area contributed by atoms with Crippen molar-refractivity contribution in [3.8, 4) is 11.5 Å². The van der Waals surface area contributed by atoms with Crippen LogP contribution in [-0.2, 0) is 0 Å². The summed E-state index contributed by atoms with van der Waals surface area (Å²) in [6.07, 6.45) is 0. The van der Waals surface area contributed by atoms with Crippen LogP contribution in [0.4, 0.5) is 11.4 Å². The predicted molar refractivity (Wildman–Crippen MR) is 69.2 cm³/mol. The van der Waals surface area contributed by atoms with E-state index in [1.165, 1.54) is 6.07 Å². The molecular formula is C14H10N2Na2O2. The minimum atomic E-state index is -0.245. The molecule has 3 aromatic rings. The van der Waals surface area contributed by atoms with Crippen LogP contribution < -0.4 is 80.8 Å². The molecule has 0 saturated heterocycles. The summed E-state index contributed by atoms with van der Waals surface area (Å²) >= 11 is 0. The largest absolute Gasteiger partial charge is 1.00 e. The fraction of sp³-hybridized carbons (Fsp3) is 0. The van der Waals surface area contributed by atoms with E-state index in [0.29, 0.717) is 27.5 Å². The molecule has 6 heteroatoms. The van der Waals surface area contributed by atoms with E-state index in [9.17, 15) is 10.2 Å². The third-order valence-electron chi connectivity index (χ3n) is 3.10. The van der Waals surface area contributed by atoms with E-state index in [1.807, 2.05) is 0 Å². The average Bonchev–Trinajstić information content (AvgIpc) is 2.35. The van der Waals surface area contributed by atoms with Crippen molar-refractivity contribution in [1.82, 2.24) is 0 Å². The Balaban J connectivity index is 0.000001000. The van der Waals surface area contributed by atoms with E-state index in [2.05, 4.69) is 0 Å². The first-order chi connectivity index (χ1) is 8.59. The van der Waals surface area contributed by atoms with Crippen LogP contribution in [0.25, 0.3) is 21.5 Å². The van der Waals surface area contributed by atoms with Crippen LogP contribution in [0.5, 0.6) is 11.5 Å². The Morgan fingerprint density at radius 3 is 2.15 bits per heavy atom.